The minimum Gasteiger partial charge on any atom is -0.465 e. The number of carbonyl (C=O) groups is 3. The van der Waals surface area contributed by atoms with Crippen LogP contribution in [0.3, 0.4) is 0 Å². The first-order valence-corrected chi connectivity index (χ1v) is 20.8. The van der Waals surface area contributed by atoms with Gasteiger partial charge in [-0.1, -0.05) is 94.8 Å². The molecule has 1 heterocycles. The summed E-state index contributed by atoms with van der Waals surface area (Å²) < 4.78 is 12.3. The van der Waals surface area contributed by atoms with Gasteiger partial charge in [0.15, 0.2) is 0 Å². The molecule has 0 bridgehead atoms. The third kappa shape index (κ3) is 5.74. The lowest BCUT2D eigenvalue weighted by Crippen LogP contribution is -2.65. The number of esters is 2. The molecule has 4 fully saturated rings. The molecular weight excluding hydrogens is 671 g/mol. The zero-order chi connectivity index (χ0) is 38.1. The number of ketones is 1. The van der Waals surface area contributed by atoms with Crippen LogP contribution in [0.2, 0.25) is 0 Å². The van der Waals surface area contributed by atoms with E-state index in [2.05, 4.69) is 58.7 Å². The molecular formula is C48H61NO5. The van der Waals surface area contributed by atoms with Crippen LogP contribution in [0.4, 0.5) is 0 Å². The second kappa shape index (κ2) is 13.2. The number of carbonyl (C=O) groups excluding carboxylic acids is 3. The van der Waals surface area contributed by atoms with Crippen LogP contribution >= 0.6 is 0 Å². The maximum absolute atomic E-state index is 14.4. The van der Waals surface area contributed by atoms with Crippen LogP contribution in [0, 0.1) is 50.2 Å². The first-order chi connectivity index (χ1) is 25.7. The SMILES string of the molecule is CC1(C)CC[C@]2(C(=O)OCc3ccccc3)CC[C@]3(C)C(=CC[C@@H]4[C@@]5(C)CCC(=O)[C@@](C)(COC(=O)CCc6c[nH]c7ccccc67)[C@@H]5CC[C@]43C)[C@@H]2C1. The van der Waals surface area contributed by atoms with Gasteiger partial charge in [0.25, 0.3) is 0 Å². The molecule has 6 nitrogen and oxygen atoms in total. The van der Waals surface area contributed by atoms with Crippen molar-refractivity contribution in [2.75, 3.05) is 6.61 Å². The van der Waals surface area contributed by atoms with Crippen molar-refractivity contribution in [3.8, 4) is 0 Å². The number of Topliss-reactive ketones (excluding diaryl/α,β-unsaturated/α-hetero) is 1. The molecule has 0 saturated heterocycles. The summed E-state index contributed by atoms with van der Waals surface area (Å²) in [5, 5.41) is 1.14. The highest BCUT2D eigenvalue weighted by molar-refractivity contribution is 5.87. The number of aryl methyl sites for hydroxylation is 1. The van der Waals surface area contributed by atoms with Gasteiger partial charge in [0.05, 0.1) is 10.8 Å². The number of aromatic amines is 1. The molecule has 54 heavy (non-hydrogen) atoms. The lowest BCUT2D eigenvalue weighted by atomic mass is 9.33. The first kappa shape index (κ1) is 37.3. The van der Waals surface area contributed by atoms with E-state index in [1.165, 1.54) is 5.57 Å². The highest BCUT2D eigenvalue weighted by Crippen LogP contribution is 2.75. The number of hydrogen-bond donors (Lipinski definition) is 1. The number of allylic oxidation sites excluding steroid dienone is 2. The van der Waals surface area contributed by atoms with Crippen LogP contribution in [0.5, 0.6) is 0 Å². The Morgan fingerprint density at radius 3 is 2.37 bits per heavy atom. The van der Waals surface area contributed by atoms with E-state index in [0.717, 1.165) is 79.8 Å². The minimum absolute atomic E-state index is 0.00435. The Labute approximate surface area is 322 Å². The summed E-state index contributed by atoms with van der Waals surface area (Å²) in [7, 11) is 0. The summed E-state index contributed by atoms with van der Waals surface area (Å²) in [6.45, 7) is 14.9. The topological polar surface area (TPSA) is 85.5 Å². The lowest BCUT2D eigenvalue weighted by Gasteiger charge is -2.70. The summed E-state index contributed by atoms with van der Waals surface area (Å²) >= 11 is 0. The van der Waals surface area contributed by atoms with Gasteiger partial charge < -0.3 is 14.5 Å². The van der Waals surface area contributed by atoms with Gasteiger partial charge in [0.2, 0.25) is 0 Å². The molecule has 1 aromatic heterocycles. The average molecular weight is 732 g/mol. The van der Waals surface area contributed by atoms with Crippen LogP contribution in [-0.4, -0.2) is 29.3 Å². The maximum atomic E-state index is 14.4. The highest BCUT2D eigenvalue weighted by Gasteiger charge is 2.70. The average Bonchev–Trinajstić information content (AvgIpc) is 3.57. The van der Waals surface area contributed by atoms with Crippen LogP contribution in [0.25, 0.3) is 10.9 Å². The Morgan fingerprint density at radius 1 is 0.833 bits per heavy atom. The number of H-pyrrole nitrogens is 1. The summed E-state index contributed by atoms with van der Waals surface area (Å²) in [4.78, 5) is 44.9. The fourth-order valence-electron chi connectivity index (χ4n) is 13.2. The van der Waals surface area contributed by atoms with Gasteiger partial charge >= 0.3 is 11.9 Å². The zero-order valence-corrected chi connectivity index (χ0v) is 33.5. The predicted molar refractivity (Wildman–Crippen MR) is 212 cm³/mol. The Hall–Kier alpha value is -3.67. The van der Waals surface area contributed by atoms with Gasteiger partial charge in [0.1, 0.15) is 19.0 Å². The number of nitrogens with one attached hydrogen (secondary N) is 1. The number of ether oxygens (including phenoxy) is 2. The largest absolute Gasteiger partial charge is 0.465 e. The van der Waals surface area contributed by atoms with Crippen molar-refractivity contribution in [2.24, 2.45) is 50.2 Å². The van der Waals surface area contributed by atoms with E-state index in [0.29, 0.717) is 31.8 Å². The standard InChI is InChI=1S/C48H61NO5/c1-43(2)24-26-48(42(52)53-30-32-12-8-7-9-13-32)27-25-46(5)35(36(48)28-43)17-18-39-44(3)22-21-40(50)45(4,38(44)20-23-47(39,46)6)31-54-41(51)19-16-33-29-49-37-15-11-10-14-34(33)37/h7-15,17,29,36,38-39,49H,16,18-28,30-31H2,1-6H3/t36-,38+,39+,44-,45-,46+,47+,48-/m0/s1. The normalized spacial score (nSPS) is 36.9. The quantitative estimate of drug-likeness (QED) is 0.184. The van der Waals surface area contributed by atoms with E-state index in [4.69, 9.17) is 9.47 Å². The molecule has 3 aromatic rings. The van der Waals surface area contributed by atoms with Crippen LogP contribution in [-0.2, 0) is 36.9 Å². The number of aromatic nitrogens is 1. The molecule has 1 N–H and O–H groups in total. The van der Waals surface area contributed by atoms with Crippen molar-refractivity contribution in [2.45, 2.75) is 125 Å². The van der Waals surface area contributed by atoms with Crippen LogP contribution < -0.4 is 0 Å². The fraction of sp³-hybridized carbons (Fsp3) is 0.604. The molecule has 5 aliphatic carbocycles. The van der Waals surface area contributed by atoms with Gasteiger partial charge in [-0.15, -0.1) is 0 Å². The molecule has 4 saturated carbocycles. The van der Waals surface area contributed by atoms with Crippen molar-refractivity contribution in [3.05, 3.63) is 83.6 Å². The van der Waals surface area contributed by atoms with Gasteiger partial charge in [-0.05, 0) is 128 Å². The van der Waals surface area contributed by atoms with E-state index in [-0.39, 0.29) is 57.8 Å². The Morgan fingerprint density at radius 2 is 1.57 bits per heavy atom. The molecule has 2 aromatic carbocycles. The van der Waals surface area contributed by atoms with E-state index in [9.17, 15) is 14.4 Å². The summed E-state index contributed by atoms with van der Waals surface area (Å²) in [6, 6.07) is 18.2. The Kier molecular flexibility index (Phi) is 9.13. The molecule has 0 radical (unpaired) electrons. The van der Waals surface area contributed by atoms with E-state index in [1.807, 2.05) is 54.7 Å². The highest BCUT2D eigenvalue weighted by atomic mass is 16.5. The molecule has 5 aliphatic rings. The van der Waals surface area contributed by atoms with Gasteiger partial charge in [-0.3, -0.25) is 14.4 Å². The van der Waals surface area contributed by atoms with Gasteiger partial charge in [-0.2, -0.15) is 0 Å². The molecule has 0 unspecified atom stereocenters. The van der Waals surface area contributed by atoms with Crippen LogP contribution in [0.1, 0.15) is 123 Å². The molecule has 6 heteroatoms. The van der Waals surface area contributed by atoms with Crippen molar-refractivity contribution in [3.63, 3.8) is 0 Å². The molecule has 0 amide bonds. The summed E-state index contributed by atoms with van der Waals surface area (Å²) in [6.07, 6.45) is 14.6. The number of para-hydroxylation sites is 1. The molecule has 8 rings (SSSR count). The maximum Gasteiger partial charge on any atom is 0.313 e. The van der Waals surface area contributed by atoms with Crippen molar-refractivity contribution in [1.82, 2.24) is 4.98 Å². The van der Waals surface area contributed by atoms with E-state index < -0.39 is 10.8 Å². The smallest absolute Gasteiger partial charge is 0.313 e. The molecule has 0 aliphatic heterocycles. The van der Waals surface area contributed by atoms with E-state index >= 15 is 0 Å². The Balaban J connectivity index is 1.03. The molecule has 288 valence electrons. The lowest BCUT2D eigenvalue weighted by molar-refractivity contribution is -0.198. The Bertz CT molecular complexity index is 1980. The number of benzene rings is 2. The second-order valence-electron chi connectivity index (χ2n) is 19.8. The zero-order valence-electron chi connectivity index (χ0n) is 33.5. The number of rotatable bonds is 8. The molecule has 0 spiro atoms. The third-order valence-electron chi connectivity index (χ3n) is 16.6. The fourth-order valence-corrected chi connectivity index (χ4v) is 13.2. The predicted octanol–water partition coefficient (Wildman–Crippen LogP) is 10.7. The monoisotopic (exact) mass is 731 g/mol. The minimum atomic E-state index is -0.701. The first-order valence-electron chi connectivity index (χ1n) is 20.8. The van der Waals surface area contributed by atoms with Crippen molar-refractivity contribution < 1.29 is 23.9 Å². The molecule has 8 atom stereocenters. The summed E-state index contributed by atoms with van der Waals surface area (Å²) in [5.74, 6) is 0.731. The van der Waals surface area contributed by atoms with E-state index in [1.54, 1.807) is 0 Å². The van der Waals surface area contributed by atoms with Crippen LogP contribution in [0.15, 0.2) is 72.4 Å². The van der Waals surface area contributed by atoms with Gasteiger partial charge in [0, 0.05) is 29.9 Å². The van der Waals surface area contributed by atoms with Crippen molar-refractivity contribution in [1.29, 1.82) is 0 Å². The number of fused-ring (bicyclic) bond motifs is 8. The number of hydrogen-bond acceptors (Lipinski definition) is 5. The third-order valence-corrected chi connectivity index (χ3v) is 16.6. The van der Waals surface area contributed by atoms with Gasteiger partial charge in [-0.25, -0.2) is 0 Å². The second-order valence-corrected chi connectivity index (χ2v) is 19.8. The van der Waals surface area contributed by atoms with Crippen molar-refractivity contribution >= 4 is 28.6 Å². The summed E-state index contributed by atoms with van der Waals surface area (Å²) in [5.41, 5.74) is 3.63.